The summed E-state index contributed by atoms with van der Waals surface area (Å²) in [6.45, 7) is 6.07. The zero-order valence-electron chi connectivity index (χ0n) is 17.0. The second-order valence-corrected chi connectivity index (χ2v) is 8.33. The van der Waals surface area contributed by atoms with Gasteiger partial charge in [-0.1, -0.05) is 23.2 Å². The molecular weight excluding hydrogens is 421 g/mol. The standard InChI is InChI=1S/C22H25Cl2N5O/c1-27-12-14-28(15-13-27)11-2-16-30-22-25-21(17-3-5-18(23)6-4-17)29(26-22)20-9-7-19(24)8-10-20/h3-10H,2,11-16H2,1H3. The summed E-state index contributed by atoms with van der Waals surface area (Å²) in [6, 6.07) is 15.4. The summed E-state index contributed by atoms with van der Waals surface area (Å²) >= 11 is 12.1. The van der Waals surface area contributed by atoms with Crippen LogP contribution in [0.3, 0.4) is 0 Å². The molecule has 30 heavy (non-hydrogen) atoms. The van der Waals surface area contributed by atoms with E-state index in [0.29, 0.717) is 28.5 Å². The van der Waals surface area contributed by atoms with Crippen LogP contribution in [-0.2, 0) is 0 Å². The Hall–Kier alpha value is -2.12. The van der Waals surface area contributed by atoms with Gasteiger partial charge in [-0.15, -0.1) is 5.10 Å². The molecule has 158 valence electrons. The van der Waals surface area contributed by atoms with Crippen molar-refractivity contribution in [1.29, 1.82) is 0 Å². The van der Waals surface area contributed by atoms with Gasteiger partial charge in [0.2, 0.25) is 0 Å². The quantitative estimate of drug-likeness (QED) is 0.508. The molecule has 0 unspecified atom stereocenters. The van der Waals surface area contributed by atoms with Crippen LogP contribution >= 0.6 is 23.2 Å². The number of ether oxygens (including phenoxy) is 1. The molecule has 1 aliphatic rings. The molecule has 0 spiro atoms. The second-order valence-electron chi connectivity index (χ2n) is 7.46. The van der Waals surface area contributed by atoms with Crippen molar-refractivity contribution in [2.45, 2.75) is 6.42 Å². The molecule has 0 N–H and O–H groups in total. The van der Waals surface area contributed by atoms with E-state index in [2.05, 4.69) is 26.9 Å². The van der Waals surface area contributed by atoms with Crippen molar-refractivity contribution >= 4 is 23.2 Å². The maximum Gasteiger partial charge on any atom is 0.336 e. The predicted octanol–water partition coefficient (Wildman–Crippen LogP) is 4.26. The number of hydrogen-bond donors (Lipinski definition) is 0. The van der Waals surface area contributed by atoms with Crippen molar-refractivity contribution in [3.63, 3.8) is 0 Å². The Morgan fingerprint density at radius 1 is 0.900 bits per heavy atom. The third-order valence-corrected chi connectivity index (χ3v) is 5.71. The van der Waals surface area contributed by atoms with E-state index in [1.54, 1.807) is 4.68 Å². The Labute approximate surface area is 187 Å². The summed E-state index contributed by atoms with van der Waals surface area (Å²) in [4.78, 5) is 9.47. The highest BCUT2D eigenvalue weighted by molar-refractivity contribution is 6.30. The molecule has 1 aliphatic heterocycles. The zero-order chi connectivity index (χ0) is 20.9. The lowest BCUT2D eigenvalue weighted by Gasteiger charge is -2.32. The fraction of sp³-hybridized carbons (Fsp3) is 0.364. The lowest BCUT2D eigenvalue weighted by Crippen LogP contribution is -2.44. The second kappa shape index (κ2) is 9.79. The van der Waals surface area contributed by atoms with Crippen molar-refractivity contribution in [2.24, 2.45) is 0 Å². The maximum absolute atomic E-state index is 6.05. The number of rotatable bonds is 7. The molecular formula is C22H25Cl2N5O. The topological polar surface area (TPSA) is 46.4 Å². The van der Waals surface area contributed by atoms with E-state index in [1.807, 2.05) is 48.5 Å². The number of hydrogen-bond acceptors (Lipinski definition) is 5. The molecule has 1 aromatic heterocycles. The fourth-order valence-electron chi connectivity index (χ4n) is 3.43. The van der Waals surface area contributed by atoms with Gasteiger partial charge >= 0.3 is 6.01 Å². The van der Waals surface area contributed by atoms with Gasteiger partial charge in [0, 0.05) is 48.3 Å². The van der Waals surface area contributed by atoms with Crippen molar-refractivity contribution in [2.75, 3.05) is 46.4 Å². The van der Waals surface area contributed by atoms with E-state index < -0.39 is 0 Å². The summed E-state index contributed by atoms with van der Waals surface area (Å²) in [5, 5.41) is 5.94. The molecule has 2 aromatic carbocycles. The third kappa shape index (κ3) is 5.32. The Balaban J connectivity index is 1.46. The molecule has 2 heterocycles. The summed E-state index contributed by atoms with van der Waals surface area (Å²) in [5.41, 5.74) is 1.78. The van der Waals surface area contributed by atoms with Crippen molar-refractivity contribution < 1.29 is 4.74 Å². The molecule has 8 heteroatoms. The van der Waals surface area contributed by atoms with E-state index in [4.69, 9.17) is 27.9 Å². The fourth-order valence-corrected chi connectivity index (χ4v) is 3.68. The first-order valence-electron chi connectivity index (χ1n) is 10.1. The van der Waals surface area contributed by atoms with Gasteiger partial charge in [0.1, 0.15) is 0 Å². The molecule has 0 aliphatic carbocycles. The normalized spacial score (nSPS) is 15.4. The molecule has 0 radical (unpaired) electrons. The van der Waals surface area contributed by atoms with Crippen molar-refractivity contribution in [3.8, 4) is 23.1 Å². The number of benzene rings is 2. The van der Waals surface area contributed by atoms with E-state index in [0.717, 1.165) is 50.4 Å². The molecule has 0 amide bonds. The third-order valence-electron chi connectivity index (χ3n) is 5.21. The first kappa shape index (κ1) is 21.1. The Kier molecular flexibility index (Phi) is 6.89. The van der Waals surface area contributed by atoms with Gasteiger partial charge in [0.25, 0.3) is 0 Å². The number of likely N-dealkylation sites (N-methyl/N-ethyl adjacent to an activating group) is 1. The van der Waals surface area contributed by atoms with Gasteiger partial charge in [-0.2, -0.15) is 4.98 Å². The number of aromatic nitrogens is 3. The highest BCUT2D eigenvalue weighted by Crippen LogP contribution is 2.25. The minimum absolute atomic E-state index is 0.369. The van der Waals surface area contributed by atoms with Crippen molar-refractivity contribution in [3.05, 3.63) is 58.6 Å². The van der Waals surface area contributed by atoms with Gasteiger partial charge < -0.3 is 14.5 Å². The van der Waals surface area contributed by atoms with Crippen LogP contribution < -0.4 is 4.74 Å². The van der Waals surface area contributed by atoms with Gasteiger partial charge in [-0.05, 0) is 62.0 Å². The summed E-state index contributed by atoms with van der Waals surface area (Å²) in [7, 11) is 2.17. The Morgan fingerprint density at radius 3 is 2.20 bits per heavy atom. The van der Waals surface area contributed by atoms with Gasteiger partial charge in [0.05, 0.1) is 12.3 Å². The van der Waals surface area contributed by atoms with Gasteiger partial charge in [-0.3, -0.25) is 0 Å². The average molecular weight is 446 g/mol. The zero-order valence-corrected chi connectivity index (χ0v) is 18.5. The smallest absolute Gasteiger partial charge is 0.336 e. The van der Waals surface area contributed by atoms with Crippen LogP contribution in [-0.4, -0.2) is 70.9 Å². The van der Waals surface area contributed by atoms with E-state index in [-0.39, 0.29) is 0 Å². The molecule has 4 rings (SSSR count). The molecule has 3 aromatic rings. The molecule has 0 saturated carbocycles. The van der Waals surface area contributed by atoms with Crippen LogP contribution in [0, 0.1) is 0 Å². The predicted molar refractivity (Wildman–Crippen MR) is 121 cm³/mol. The van der Waals surface area contributed by atoms with Crippen LogP contribution in [0.2, 0.25) is 10.0 Å². The average Bonchev–Trinajstić information content (AvgIpc) is 3.18. The van der Waals surface area contributed by atoms with Crippen LogP contribution in [0.5, 0.6) is 6.01 Å². The van der Waals surface area contributed by atoms with E-state index in [9.17, 15) is 0 Å². The summed E-state index contributed by atoms with van der Waals surface area (Å²) < 4.78 is 7.67. The Morgan fingerprint density at radius 2 is 1.53 bits per heavy atom. The minimum Gasteiger partial charge on any atom is -0.462 e. The number of piperazine rings is 1. The van der Waals surface area contributed by atoms with Crippen LogP contribution in [0.15, 0.2) is 48.5 Å². The first-order chi connectivity index (χ1) is 14.6. The minimum atomic E-state index is 0.369. The molecule has 1 saturated heterocycles. The van der Waals surface area contributed by atoms with Crippen LogP contribution in [0.25, 0.3) is 17.1 Å². The van der Waals surface area contributed by atoms with Gasteiger partial charge in [-0.25, -0.2) is 4.68 Å². The van der Waals surface area contributed by atoms with Crippen LogP contribution in [0.1, 0.15) is 6.42 Å². The largest absolute Gasteiger partial charge is 0.462 e. The van der Waals surface area contributed by atoms with Gasteiger partial charge in [0.15, 0.2) is 5.82 Å². The van der Waals surface area contributed by atoms with E-state index >= 15 is 0 Å². The number of nitrogens with zero attached hydrogens (tertiary/aromatic N) is 5. The molecule has 1 fully saturated rings. The molecule has 0 bridgehead atoms. The van der Waals surface area contributed by atoms with Crippen molar-refractivity contribution in [1.82, 2.24) is 24.6 Å². The molecule has 6 nitrogen and oxygen atoms in total. The van der Waals surface area contributed by atoms with E-state index in [1.165, 1.54) is 0 Å². The maximum atomic E-state index is 6.05. The summed E-state index contributed by atoms with van der Waals surface area (Å²) in [6.07, 6.45) is 0.940. The lowest BCUT2D eigenvalue weighted by atomic mass is 10.2. The Bertz CT molecular complexity index is 888. The first-order valence-corrected chi connectivity index (χ1v) is 10.9. The highest BCUT2D eigenvalue weighted by atomic mass is 35.5. The van der Waals surface area contributed by atoms with Crippen LogP contribution in [0.4, 0.5) is 0 Å². The molecule has 0 atom stereocenters. The highest BCUT2D eigenvalue weighted by Gasteiger charge is 2.16. The number of halogens is 2. The monoisotopic (exact) mass is 445 g/mol. The lowest BCUT2D eigenvalue weighted by molar-refractivity contribution is 0.144. The SMILES string of the molecule is CN1CCN(CCCOc2nc(-c3ccc(Cl)cc3)n(-c3ccc(Cl)cc3)n2)CC1. The summed E-state index contributed by atoms with van der Waals surface area (Å²) in [5.74, 6) is 0.697.